The zero-order valence-electron chi connectivity index (χ0n) is 10.7. The zero-order chi connectivity index (χ0) is 15.6. The molecule has 0 radical (unpaired) electrons. The highest BCUT2D eigenvalue weighted by Crippen LogP contribution is 2.22. The maximum absolute atomic E-state index is 13.1. The van der Waals surface area contributed by atoms with Gasteiger partial charge in [0.15, 0.2) is 0 Å². The minimum atomic E-state index is -0.674. The van der Waals surface area contributed by atoms with E-state index >= 15 is 0 Å². The molecule has 0 fully saturated rings. The number of amides is 2. The first-order valence-electron chi connectivity index (χ1n) is 5.84. The minimum Gasteiger partial charge on any atom is -0.398 e. The normalized spacial score (nSPS) is 10.2. The quantitative estimate of drug-likeness (QED) is 0.759. The summed E-state index contributed by atoms with van der Waals surface area (Å²) in [6.45, 7) is 0. The van der Waals surface area contributed by atoms with Crippen LogP contribution in [0.25, 0.3) is 0 Å². The summed E-state index contributed by atoms with van der Waals surface area (Å²) in [4.78, 5) is 23.1. The van der Waals surface area contributed by atoms with Crippen LogP contribution in [0, 0.1) is 5.82 Å². The van der Waals surface area contributed by atoms with E-state index in [1.165, 1.54) is 24.3 Å². The maximum atomic E-state index is 13.1. The number of benzene rings is 2. The second-order valence-electron chi connectivity index (χ2n) is 4.24. The number of nitrogens with one attached hydrogen (secondary N) is 1. The monoisotopic (exact) mass is 307 g/mol. The SMILES string of the molecule is NC(=O)c1ccc(NC(=O)c2cc(F)ccc2N)cc1Cl. The van der Waals surface area contributed by atoms with Gasteiger partial charge in [0, 0.05) is 11.4 Å². The van der Waals surface area contributed by atoms with Crippen molar-refractivity contribution in [2.75, 3.05) is 11.1 Å². The predicted octanol–water partition coefficient (Wildman–Crippen LogP) is 2.41. The third-order valence-electron chi connectivity index (χ3n) is 2.75. The number of carbonyl (C=O) groups is 2. The first-order chi connectivity index (χ1) is 9.88. The van der Waals surface area contributed by atoms with Gasteiger partial charge < -0.3 is 16.8 Å². The van der Waals surface area contributed by atoms with E-state index < -0.39 is 17.6 Å². The summed E-state index contributed by atoms with van der Waals surface area (Å²) in [5, 5.41) is 2.62. The fourth-order valence-corrected chi connectivity index (χ4v) is 1.99. The summed E-state index contributed by atoms with van der Waals surface area (Å²) in [5.74, 6) is -1.83. The van der Waals surface area contributed by atoms with Crippen molar-refractivity contribution >= 4 is 34.8 Å². The van der Waals surface area contributed by atoms with E-state index in [2.05, 4.69) is 5.32 Å². The largest absolute Gasteiger partial charge is 0.398 e. The molecule has 0 spiro atoms. The van der Waals surface area contributed by atoms with Crippen LogP contribution >= 0.6 is 11.6 Å². The molecule has 0 saturated carbocycles. The van der Waals surface area contributed by atoms with Crippen LogP contribution in [0.4, 0.5) is 15.8 Å². The molecule has 0 aliphatic carbocycles. The molecule has 0 saturated heterocycles. The maximum Gasteiger partial charge on any atom is 0.257 e. The molecule has 0 aliphatic rings. The van der Waals surface area contributed by atoms with E-state index in [9.17, 15) is 14.0 Å². The van der Waals surface area contributed by atoms with Gasteiger partial charge in [0.25, 0.3) is 5.91 Å². The Kier molecular flexibility index (Phi) is 4.09. The molecule has 5 N–H and O–H groups in total. The molecule has 0 heterocycles. The predicted molar refractivity (Wildman–Crippen MR) is 78.7 cm³/mol. The van der Waals surface area contributed by atoms with E-state index in [1.807, 2.05) is 0 Å². The van der Waals surface area contributed by atoms with Crippen molar-refractivity contribution in [3.8, 4) is 0 Å². The van der Waals surface area contributed by atoms with Gasteiger partial charge in [-0.15, -0.1) is 0 Å². The smallest absolute Gasteiger partial charge is 0.257 e. The molecule has 0 aromatic heterocycles. The number of hydrogen-bond acceptors (Lipinski definition) is 3. The van der Waals surface area contributed by atoms with Crippen LogP contribution in [-0.4, -0.2) is 11.8 Å². The van der Waals surface area contributed by atoms with Crippen molar-refractivity contribution in [3.05, 3.63) is 58.4 Å². The lowest BCUT2D eigenvalue weighted by Gasteiger charge is -2.09. The Morgan fingerprint density at radius 1 is 1.10 bits per heavy atom. The Morgan fingerprint density at radius 2 is 1.81 bits per heavy atom. The van der Waals surface area contributed by atoms with E-state index in [1.54, 1.807) is 0 Å². The number of primary amides is 1. The van der Waals surface area contributed by atoms with Gasteiger partial charge in [-0.2, -0.15) is 0 Å². The van der Waals surface area contributed by atoms with Gasteiger partial charge in [-0.25, -0.2) is 4.39 Å². The molecule has 2 amide bonds. The van der Waals surface area contributed by atoms with E-state index in [0.717, 1.165) is 12.1 Å². The van der Waals surface area contributed by atoms with Gasteiger partial charge in [0.05, 0.1) is 16.1 Å². The van der Waals surface area contributed by atoms with Gasteiger partial charge in [-0.05, 0) is 36.4 Å². The first kappa shape index (κ1) is 14.8. The number of halogens is 2. The van der Waals surface area contributed by atoms with Crippen molar-refractivity contribution < 1.29 is 14.0 Å². The van der Waals surface area contributed by atoms with Crippen LogP contribution in [0.3, 0.4) is 0 Å². The molecule has 108 valence electrons. The Hall–Kier alpha value is -2.60. The number of hydrogen-bond donors (Lipinski definition) is 3. The van der Waals surface area contributed by atoms with Gasteiger partial charge >= 0.3 is 0 Å². The third kappa shape index (κ3) is 3.29. The lowest BCUT2D eigenvalue weighted by Crippen LogP contribution is -2.15. The molecule has 2 aromatic carbocycles. The lowest BCUT2D eigenvalue weighted by molar-refractivity contribution is 0.0998. The molecule has 21 heavy (non-hydrogen) atoms. The van der Waals surface area contributed by atoms with Gasteiger partial charge in [0.2, 0.25) is 5.91 Å². The molecule has 0 atom stereocenters. The molecule has 7 heteroatoms. The third-order valence-corrected chi connectivity index (χ3v) is 3.07. The second kappa shape index (κ2) is 5.80. The molecule has 2 rings (SSSR count). The highest BCUT2D eigenvalue weighted by atomic mass is 35.5. The van der Waals surface area contributed by atoms with Crippen LogP contribution in [0.15, 0.2) is 36.4 Å². The molecule has 0 bridgehead atoms. The molecular weight excluding hydrogens is 297 g/mol. The Balaban J connectivity index is 2.26. The second-order valence-corrected chi connectivity index (χ2v) is 4.65. The van der Waals surface area contributed by atoms with Crippen LogP contribution in [0.2, 0.25) is 5.02 Å². The van der Waals surface area contributed by atoms with Crippen LogP contribution in [0.5, 0.6) is 0 Å². The van der Waals surface area contributed by atoms with Gasteiger partial charge in [-0.3, -0.25) is 9.59 Å². The first-order valence-corrected chi connectivity index (χ1v) is 6.22. The molecule has 5 nitrogen and oxygen atoms in total. The molecular formula is C14H11ClFN3O2. The highest BCUT2D eigenvalue weighted by Gasteiger charge is 2.13. The average Bonchev–Trinajstić information content (AvgIpc) is 2.41. The number of nitrogen functional groups attached to an aromatic ring is 1. The summed E-state index contributed by atoms with van der Waals surface area (Å²) >= 11 is 5.87. The number of anilines is 2. The van der Waals surface area contributed by atoms with Gasteiger partial charge in [0.1, 0.15) is 5.82 Å². The topological polar surface area (TPSA) is 98.2 Å². The van der Waals surface area contributed by atoms with Gasteiger partial charge in [-0.1, -0.05) is 11.6 Å². The summed E-state index contributed by atoms with van der Waals surface area (Å²) in [6.07, 6.45) is 0. The summed E-state index contributed by atoms with van der Waals surface area (Å²) in [5.41, 5.74) is 11.4. The molecule has 2 aromatic rings. The Labute approximate surface area is 124 Å². The Bertz CT molecular complexity index is 734. The van der Waals surface area contributed by atoms with Crippen molar-refractivity contribution in [3.63, 3.8) is 0 Å². The number of carbonyl (C=O) groups excluding carboxylic acids is 2. The minimum absolute atomic E-state index is 0.00472. The highest BCUT2D eigenvalue weighted by molar-refractivity contribution is 6.34. The van der Waals surface area contributed by atoms with Crippen molar-refractivity contribution in [2.24, 2.45) is 5.73 Å². The standard InChI is InChI=1S/C14H11ClFN3O2/c15-11-6-8(2-3-9(11)13(18)20)19-14(21)10-5-7(16)1-4-12(10)17/h1-6H,17H2,(H2,18,20)(H,19,21). The summed E-state index contributed by atoms with van der Waals surface area (Å²) in [6, 6.07) is 7.70. The lowest BCUT2D eigenvalue weighted by atomic mass is 10.1. The van der Waals surface area contributed by atoms with Crippen LogP contribution in [-0.2, 0) is 0 Å². The Morgan fingerprint density at radius 3 is 2.43 bits per heavy atom. The number of nitrogens with two attached hydrogens (primary N) is 2. The van der Waals surface area contributed by atoms with E-state index in [4.69, 9.17) is 23.1 Å². The summed E-state index contributed by atoms with van der Waals surface area (Å²) in [7, 11) is 0. The average molecular weight is 308 g/mol. The number of rotatable bonds is 3. The fourth-order valence-electron chi connectivity index (χ4n) is 1.72. The fraction of sp³-hybridized carbons (Fsp3) is 0. The molecule has 0 unspecified atom stereocenters. The van der Waals surface area contributed by atoms with Crippen molar-refractivity contribution in [1.82, 2.24) is 0 Å². The van der Waals surface area contributed by atoms with Crippen molar-refractivity contribution in [1.29, 1.82) is 0 Å². The summed E-state index contributed by atoms with van der Waals surface area (Å²) < 4.78 is 13.1. The van der Waals surface area contributed by atoms with Crippen LogP contribution in [0.1, 0.15) is 20.7 Å². The molecule has 0 aliphatic heterocycles. The van der Waals surface area contributed by atoms with E-state index in [-0.39, 0.29) is 21.8 Å². The van der Waals surface area contributed by atoms with Crippen molar-refractivity contribution in [2.45, 2.75) is 0 Å². The zero-order valence-corrected chi connectivity index (χ0v) is 11.4. The van der Waals surface area contributed by atoms with Crippen LogP contribution < -0.4 is 16.8 Å². The van der Waals surface area contributed by atoms with E-state index in [0.29, 0.717) is 5.69 Å².